The van der Waals surface area contributed by atoms with Crippen LogP contribution in [0.5, 0.6) is 0 Å². The first kappa shape index (κ1) is 20.7. The van der Waals surface area contributed by atoms with Crippen molar-refractivity contribution in [1.82, 2.24) is 4.57 Å². The lowest BCUT2D eigenvalue weighted by Crippen LogP contribution is -2.27. The number of carbonyl (C=O) groups is 1. The maximum Gasteiger partial charge on any atom is 0.262 e. The van der Waals surface area contributed by atoms with Gasteiger partial charge in [-0.05, 0) is 29.8 Å². The van der Waals surface area contributed by atoms with Crippen molar-refractivity contribution in [3.63, 3.8) is 0 Å². The molecular weight excluding hydrogens is 420 g/mol. The first-order valence-corrected chi connectivity index (χ1v) is 10.7. The summed E-state index contributed by atoms with van der Waals surface area (Å²) in [6, 6.07) is 15.2. The molecule has 0 radical (unpaired) electrons. The molecular formula is C23H21ClN2O3S. The summed E-state index contributed by atoms with van der Waals surface area (Å²) < 4.78 is 7.26. The highest BCUT2D eigenvalue weighted by Crippen LogP contribution is 2.46. The summed E-state index contributed by atoms with van der Waals surface area (Å²) in [5.74, 6) is 0. The highest BCUT2D eigenvalue weighted by molar-refractivity contribution is 7.99. The molecule has 0 spiro atoms. The Morgan fingerprint density at radius 2 is 1.87 bits per heavy atom. The number of hydrogen-bond acceptors (Lipinski definition) is 5. The molecule has 3 aromatic rings. The largest absolute Gasteiger partial charge is 0.360 e. The van der Waals surface area contributed by atoms with Crippen molar-refractivity contribution in [2.45, 2.75) is 30.4 Å². The van der Waals surface area contributed by atoms with Crippen LogP contribution in [0.1, 0.15) is 13.8 Å². The molecule has 1 aliphatic heterocycles. The molecule has 30 heavy (non-hydrogen) atoms. The van der Waals surface area contributed by atoms with Crippen molar-refractivity contribution < 1.29 is 9.53 Å². The fourth-order valence-electron chi connectivity index (χ4n) is 3.17. The second-order valence-corrected chi connectivity index (χ2v) is 9.35. The second kappa shape index (κ2) is 8.30. The van der Waals surface area contributed by atoms with Crippen LogP contribution < -0.4 is 10.9 Å². The average molecular weight is 441 g/mol. The zero-order chi connectivity index (χ0) is 21.3. The van der Waals surface area contributed by atoms with E-state index in [1.54, 1.807) is 48.5 Å². The van der Waals surface area contributed by atoms with Crippen LogP contribution in [0.25, 0.3) is 11.1 Å². The van der Waals surface area contributed by atoms with Gasteiger partial charge in [0.25, 0.3) is 5.56 Å². The Bertz CT molecular complexity index is 1160. The van der Waals surface area contributed by atoms with E-state index in [0.717, 1.165) is 33.0 Å². The number of carbonyl (C=O) groups excluding carboxylic acids is 1. The standard InChI is InChI=1S/C23H21ClN2O3S/c1-23(2,12-27)13-29-14-26-11-19-21(25-17-5-3-4-6-18(17)30-19)20(22(26)28)15-7-9-16(24)10-8-15/h3-12,25H,13-14H2,1-2H3. The Morgan fingerprint density at radius 3 is 2.60 bits per heavy atom. The van der Waals surface area contributed by atoms with Crippen LogP contribution in [0.2, 0.25) is 5.02 Å². The Balaban J connectivity index is 1.78. The lowest BCUT2D eigenvalue weighted by atomic mass is 9.98. The quantitative estimate of drug-likeness (QED) is 0.397. The van der Waals surface area contributed by atoms with Crippen molar-refractivity contribution in [2.24, 2.45) is 5.41 Å². The molecule has 0 bridgehead atoms. The summed E-state index contributed by atoms with van der Waals surface area (Å²) >= 11 is 7.65. The van der Waals surface area contributed by atoms with E-state index in [-0.39, 0.29) is 18.9 Å². The summed E-state index contributed by atoms with van der Waals surface area (Å²) in [5.41, 5.74) is 2.29. The molecule has 0 saturated heterocycles. The zero-order valence-corrected chi connectivity index (χ0v) is 18.2. The third-order valence-corrected chi connectivity index (χ3v) is 6.12. The summed E-state index contributed by atoms with van der Waals surface area (Å²) in [6.45, 7) is 3.88. The number of para-hydroxylation sites is 1. The van der Waals surface area contributed by atoms with Gasteiger partial charge < -0.3 is 14.8 Å². The molecule has 7 heteroatoms. The number of aldehydes is 1. The third-order valence-electron chi connectivity index (χ3n) is 4.77. The molecule has 1 aromatic heterocycles. The van der Waals surface area contributed by atoms with Crippen molar-refractivity contribution >= 4 is 41.0 Å². The summed E-state index contributed by atoms with van der Waals surface area (Å²) in [7, 11) is 0. The molecule has 1 N–H and O–H groups in total. The van der Waals surface area contributed by atoms with Gasteiger partial charge in [-0.1, -0.05) is 61.5 Å². The van der Waals surface area contributed by atoms with E-state index in [2.05, 4.69) is 5.32 Å². The Morgan fingerprint density at radius 1 is 1.13 bits per heavy atom. The maximum absolute atomic E-state index is 13.4. The van der Waals surface area contributed by atoms with Crippen LogP contribution >= 0.6 is 23.4 Å². The lowest BCUT2D eigenvalue weighted by Gasteiger charge is -2.25. The van der Waals surface area contributed by atoms with E-state index < -0.39 is 5.41 Å². The molecule has 5 nitrogen and oxygen atoms in total. The fourth-order valence-corrected chi connectivity index (χ4v) is 4.35. The smallest absolute Gasteiger partial charge is 0.262 e. The van der Waals surface area contributed by atoms with Crippen LogP contribution in [0.4, 0.5) is 11.4 Å². The number of pyridine rings is 1. The normalized spacial score (nSPS) is 12.6. The van der Waals surface area contributed by atoms with Gasteiger partial charge in [-0.3, -0.25) is 9.36 Å². The van der Waals surface area contributed by atoms with Crippen LogP contribution in [-0.2, 0) is 16.3 Å². The van der Waals surface area contributed by atoms with Crippen LogP contribution in [0.15, 0.2) is 69.3 Å². The predicted molar refractivity (Wildman–Crippen MR) is 121 cm³/mol. The second-order valence-electron chi connectivity index (χ2n) is 7.83. The summed E-state index contributed by atoms with van der Waals surface area (Å²) in [4.78, 5) is 26.5. The predicted octanol–water partition coefficient (Wildman–Crippen LogP) is 5.58. The molecule has 4 rings (SSSR count). The van der Waals surface area contributed by atoms with Crippen molar-refractivity contribution in [3.05, 3.63) is 70.1 Å². The first-order chi connectivity index (χ1) is 14.4. The number of ether oxygens (including phenoxy) is 1. The van der Waals surface area contributed by atoms with Crippen molar-refractivity contribution in [2.75, 3.05) is 11.9 Å². The molecule has 154 valence electrons. The number of rotatable bonds is 6. The Labute approximate surface area is 184 Å². The van der Waals surface area contributed by atoms with Crippen molar-refractivity contribution in [3.8, 4) is 11.1 Å². The van der Waals surface area contributed by atoms with Crippen LogP contribution in [0, 0.1) is 5.41 Å². The number of benzene rings is 2. The van der Waals surface area contributed by atoms with Crippen LogP contribution in [0.3, 0.4) is 0 Å². The zero-order valence-electron chi connectivity index (χ0n) is 16.6. The van der Waals surface area contributed by atoms with Gasteiger partial charge in [-0.15, -0.1) is 0 Å². The number of aromatic nitrogens is 1. The van der Waals surface area contributed by atoms with Gasteiger partial charge in [0, 0.05) is 21.5 Å². The minimum atomic E-state index is -0.605. The lowest BCUT2D eigenvalue weighted by molar-refractivity contribution is -0.118. The maximum atomic E-state index is 13.4. The van der Waals surface area contributed by atoms with Crippen molar-refractivity contribution in [1.29, 1.82) is 0 Å². The van der Waals surface area contributed by atoms with Gasteiger partial charge in [0.1, 0.15) is 13.0 Å². The van der Waals surface area contributed by atoms with Gasteiger partial charge in [0.2, 0.25) is 0 Å². The molecule has 0 unspecified atom stereocenters. The fraction of sp³-hybridized carbons (Fsp3) is 0.217. The molecule has 0 fully saturated rings. The van der Waals surface area contributed by atoms with E-state index in [0.29, 0.717) is 10.6 Å². The minimum Gasteiger partial charge on any atom is -0.360 e. The number of nitrogens with one attached hydrogen (secondary N) is 1. The van der Waals surface area contributed by atoms with Gasteiger partial charge >= 0.3 is 0 Å². The van der Waals surface area contributed by atoms with E-state index >= 15 is 0 Å². The highest BCUT2D eigenvalue weighted by atomic mass is 35.5. The number of fused-ring (bicyclic) bond motifs is 2. The monoisotopic (exact) mass is 440 g/mol. The Hall–Kier alpha value is -2.54. The van der Waals surface area contributed by atoms with Gasteiger partial charge in [0.05, 0.1) is 28.4 Å². The number of halogens is 1. The minimum absolute atomic E-state index is 0.0617. The molecule has 0 aliphatic carbocycles. The number of anilines is 2. The Kier molecular flexibility index (Phi) is 5.73. The molecule has 0 amide bonds. The van der Waals surface area contributed by atoms with Gasteiger partial charge in [0.15, 0.2) is 0 Å². The van der Waals surface area contributed by atoms with Crippen LogP contribution in [-0.4, -0.2) is 17.5 Å². The molecule has 1 aliphatic rings. The van der Waals surface area contributed by atoms with Gasteiger partial charge in [-0.25, -0.2) is 0 Å². The van der Waals surface area contributed by atoms with Gasteiger partial charge in [-0.2, -0.15) is 0 Å². The van der Waals surface area contributed by atoms with E-state index in [1.807, 2.05) is 36.4 Å². The number of hydrogen-bond donors (Lipinski definition) is 1. The molecule has 0 atom stereocenters. The highest BCUT2D eigenvalue weighted by Gasteiger charge is 2.24. The summed E-state index contributed by atoms with van der Waals surface area (Å²) in [6.07, 6.45) is 2.66. The molecule has 2 heterocycles. The molecule has 0 saturated carbocycles. The molecule has 2 aromatic carbocycles. The number of nitrogens with zero attached hydrogens (tertiary/aromatic N) is 1. The summed E-state index contributed by atoms with van der Waals surface area (Å²) in [5, 5.41) is 4.03. The SMILES string of the molecule is CC(C)(C=O)COCn1cc2c(c(-c3ccc(Cl)cc3)c1=O)Nc1ccccc1S2. The van der Waals surface area contributed by atoms with E-state index in [1.165, 1.54) is 0 Å². The average Bonchev–Trinajstić information content (AvgIpc) is 2.74. The topological polar surface area (TPSA) is 60.3 Å². The third kappa shape index (κ3) is 4.17. The van der Waals surface area contributed by atoms with E-state index in [4.69, 9.17) is 16.3 Å². The first-order valence-electron chi connectivity index (χ1n) is 9.49. The van der Waals surface area contributed by atoms with E-state index in [9.17, 15) is 9.59 Å².